The number of pyridine rings is 1. The number of ether oxygens (including phenoxy) is 2. The minimum absolute atomic E-state index is 0.129. The molecule has 2 aromatic rings. The predicted molar refractivity (Wildman–Crippen MR) is 107 cm³/mol. The first-order valence-corrected chi connectivity index (χ1v) is 10.6. The summed E-state index contributed by atoms with van der Waals surface area (Å²) in [5.74, 6) is -3.36. The van der Waals surface area contributed by atoms with Gasteiger partial charge in [-0.3, -0.25) is 4.79 Å². The molecular formula is C17H15Cl2F4N3O5S. The lowest BCUT2D eigenvalue weighted by molar-refractivity contribution is -0.189. The lowest BCUT2D eigenvalue weighted by atomic mass is 10.2. The summed E-state index contributed by atoms with van der Waals surface area (Å²) in [6.07, 6.45) is -5.84. The number of amides is 1. The fraction of sp³-hybridized carbons (Fsp3) is 0.294. The monoisotopic (exact) mass is 519 g/mol. The van der Waals surface area contributed by atoms with Gasteiger partial charge in [-0.1, -0.05) is 23.2 Å². The zero-order valence-electron chi connectivity index (χ0n) is 16.5. The van der Waals surface area contributed by atoms with Crippen molar-refractivity contribution in [3.63, 3.8) is 0 Å². The summed E-state index contributed by atoms with van der Waals surface area (Å²) >= 11 is 11.8. The molecule has 1 aromatic heterocycles. The maximum atomic E-state index is 14.4. The molecule has 0 aliphatic rings. The quantitative estimate of drug-likeness (QED) is 0.551. The number of hydrogen-bond donors (Lipinski definition) is 1. The maximum absolute atomic E-state index is 14.4. The number of aromatic nitrogens is 1. The Morgan fingerprint density at radius 1 is 1.19 bits per heavy atom. The molecule has 8 nitrogen and oxygen atoms in total. The van der Waals surface area contributed by atoms with Crippen LogP contribution in [0.5, 0.6) is 17.4 Å². The van der Waals surface area contributed by atoms with Crippen LogP contribution in [0.1, 0.15) is 17.3 Å². The van der Waals surface area contributed by atoms with Gasteiger partial charge in [0.15, 0.2) is 6.10 Å². The lowest BCUT2D eigenvalue weighted by Crippen LogP contribution is -2.39. The highest BCUT2D eigenvalue weighted by atomic mass is 35.5. The van der Waals surface area contributed by atoms with Crippen molar-refractivity contribution in [1.82, 2.24) is 14.0 Å². The van der Waals surface area contributed by atoms with Crippen molar-refractivity contribution in [3.05, 3.63) is 45.8 Å². The van der Waals surface area contributed by atoms with Crippen LogP contribution in [0.4, 0.5) is 17.6 Å². The average Bonchev–Trinajstić information content (AvgIpc) is 2.65. The van der Waals surface area contributed by atoms with E-state index in [0.717, 1.165) is 39.3 Å². The molecule has 0 fully saturated rings. The summed E-state index contributed by atoms with van der Waals surface area (Å²) in [6, 6.07) is 2.61. The van der Waals surface area contributed by atoms with Gasteiger partial charge in [0.25, 0.3) is 5.91 Å². The second kappa shape index (κ2) is 9.65. The highest BCUT2D eigenvalue weighted by molar-refractivity contribution is 7.87. The van der Waals surface area contributed by atoms with E-state index in [-0.39, 0.29) is 21.5 Å². The van der Waals surface area contributed by atoms with E-state index in [1.165, 1.54) is 0 Å². The van der Waals surface area contributed by atoms with Gasteiger partial charge in [-0.15, -0.1) is 0 Å². The molecular weight excluding hydrogens is 505 g/mol. The van der Waals surface area contributed by atoms with Crippen LogP contribution in [-0.2, 0) is 10.2 Å². The van der Waals surface area contributed by atoms with Gasteiger partial charge in [0, 0.05) is 26.2 Å². The Bertz CT molecular complexity index is 1130. The second-order valence-electron chi connectivity index (χ2n) is 6.34. The third kappa shape index (κ3) is 6.34. The predicted octanol–water partition coefficient (Wildman–Crippen LogP) is 4.19. The maximum Gasteiger partial charge on any atom is 0.425 e. The van der Waals surface area contributed by atoms with E-state index >= 15 is 0 Å². The second-order valence-corrected chi connectivity index (χ2v) is 9.04. The molecule has 1 atom stereocenters. The largest absolute Gasteiger partial charge is 0.464 e. The summed E-state index contributed by atoms with van der Waals surface area (Å²) in [4.78, 5) is 15.7. The smallest absolute Gasteiger partial charge is 0.425 e. The minimum Gasteiger partial charge on any atom is -0.464 e. The molecule has 176 valence electrons. The molecule has 2 rings (SSSR count). The summed E-state index contributed by atoms with van der Waals surface area (Å²) in [6.45, 7) is 0.770. The van der Waals surface area contributed by atoms with E-state index < -0.39 is 45.7 Å². The number of nitrogens with one attached hydrogen (secondary N) is 1. The van der Waals surface area contributed by atoms with Crippen LogP contribution in [0.25, 0.3) is 0 Å². The molecule has 0 saturated carbocycles. The van der Waals surface area contributed by atoms with Crippen LogP contribution in [0, 0.1) is 5.82 Å². The van der Waals surface area contributed by atoms with Gasteiger partial charge in [0.05, 0.1) is 16.8 Å². The third-order valence-corrected chi connectivity index (χ3v) is 5.70. The van der Waals surface area contributed by atoms with Gasteiger partial charge in [0.2, 0.25) is 5.88 Å². The Morgan fingerprint density at radius 3 is 2.34 bits per heavy atom. The zero-order valence-corrected chi connectivity index (χ0v) is 18.8. The first-order chi connectivity index (χ1) is 14.6. The van der Waals surface area contributed by atoms with Crippen molar-refractivity contribution < 1.29 is 40.2 Å². The highest BCUT2D eigenvalue weighted by Crippen LogP contribution is 2.35. The first-order valence-electron chi connectivity index (χ1n) is 8.42. The fourth-order valence-electron chi connectivity index (χ4n) is 1.96. The van der Waals surface area contributed by atoms with Crippen molar-refractivity contribution in [2.75, 3.05) is 14.1 Å². The molecule has 0 saturated heterocycles. The van der Waals surface area contributed by atoms with Gasteiger partial charge in [-0.25, -0.2) is 14.1 Å². The van der Waals surface area contributed by atoms with E-state index in [9.17, 15) is 30.8 Å². The van der Waals surface area contributed by atoms with E-state index in [1.54, 1.807) is 4.72 Å². The van der Waals surface area contributed by atoms with E-state index in [1.807, 2.05) is 0 Å². The third-order valence-electron chi connectivity index (χ3n) is 3.73. The van der Waals surface area contributed by atoms with Crippen molar-refractivity contribution in [1.29, 1.82) is 0 Å². The number of nitrogens with zero attached hydrogens (tertiary/aromatic N) is 2. The fourth-order valence-corrected chi connectivity index (χ4v) is 2.89. The molecule has 0 aliphatic heterocycles. The Labute approximate surface area is 190 Å². The number of alkyl halides is 3. The Morgan fingerprint density at radius 2 is 1.81 bits per heavy atom. The van der Waals surface area contributed by atoms with Crippen LogP contribution in [0.15, 0.2) is 24.4 Å². The topological polar surface area (TPSA) is 97.8 Å². The molecule has 1 aromatic carbocycles. The normalized spacial score (nSPS) is 13.1. The summed E-state index contributed by atoms with van der Waals surface area (Å²) in [5, 5.41) is -0.596. The first kappa shape index (κ1) is 25.9. The number of benzene rings is 1. The molecule has 15 heteroatoms. The van der Waals surface area contributed by atoms with Gasteiger partial charge in [-0.2, -0.15) is 25.9 Å². The Balaban J connectivity index is 2.23. The molecule has 0 spiro atoms. The minimum atomic E-state index is -4.63. The van der Waals surface area contributed by atoms with E-state index in [2.05, 4.69) is 9.72 Å². The van der Waals surface area contributed by atoms with Gasteiger partial charge in [-0.05, 0) is 13.0 Å². The molecule has 0 aliphatic carbocycles. The molecule has 1 amide bonds. The van der Waals surface area contributed by atoms with Crippen LogP contribution in [-0.4, -0.2) is 50.0 Å². The van der Waals surface area contributed by atoms with Crippen LogP contribution >= 0.6 is 23.2 Å². The Kier molecular flexibility index (Phi) is 7.81. The molecule has 0 bridgehead atoms. The zero-order chi connectivity index (χ0) is 24.4. The van der Waals surface area contributed by atoms with Gasteiger partial charge in [0.1, 0.15) is 22.3 Å². The number of hydrogen-bond acceptors (Lipinski definition) is 6. The van der Waals surface area contributed by atoms with E-state index in [0.29, 0.717) is 10.4 Å². The summed E-state index contributed by atoms with van der Waals surface area (Å²) in [7, 11) is -1.85. The van der Waals surface area contributed by atoms with Gasteiger partial charge < -0.3 is 9.47 Å². The van der Waals surface area contributed by atoms with Crippen molar-refractivity contribution in [3.8, 4) is 17.4 Å². The SMILES string of the molecule is CC(Oc1ncc(Oc2cc(F)c(C(=O)NS(=O)(=O)N(C)C)cc2Cl)cc1Cl)C(F)(F)F. The molecule has 1 unspecified atom stereocenters. The molecule has 32 heavy (non-hydrogen) atoms. The number of rotatable bonds is 7. The number of carbonyl (C=O) groups excluding carboxylic acids is 1. The van der Waals surface area contributed by atoms with Crippen molar-refractivity contribution >= 4 is 39.3 Å². The summed E-state index contributed by atoms with van der Waals surface area (Å²) in [5.41, 5.74) is -0.672. The number of halogens is 6. The van der Waals surface area contributed by atoms with Crippen LogP contribution in [0.2, 0.25) is 10.0 Å². The average molecular weight is 520 g/mol. The van der Waals surface area contributed by atoms with Gasteiger partial charge >= 0.3 is 16.4 Å². The van der Waals surface area contributed by atoms with Crippen molar-refractivity contribution in [2.24, 2.45) is 0 Å². The van der Waals surface area contributed by atoms with E-state index in [4.69, 9.17) is 27.9 Å². The lowest BCUT2D eigenvalue weighted by Gasteiger charge is -2.18. The van der Waals surface area contributed by atoms with Crippen LogP contribution in [0.3, 0.4) is 0 Å². The standard InChI is InChI=1S/C17H15Cl2F4N3O5S/c1-8(17(21,22)23)30-16-12(19)4-9(7-24-16)31-14-6-13(20)10(5-11(14)18)15(27)25-32(28,29)26(2)3/h4-8H,1-3H3,(H,25,27). The highest BCUT2D eigenvalue weighted by Gasteiger charge is 2.38. The Hall–Kier alpha value is -2.35. The molecule has 1 N–H and O–H groups in total. The molecule has 0 radical (unpaired) electrons. The van der Waals surface area contributed by atoms with Crippen molar-refractivity contribution in [2.45, 2.75) is 19.2 Å². The summed E-state index contributed by atoms with van der Waals surface area (Å²) < 4.78 is 87.9. The molecule has 1 heterocycles. The number of carbonyl (C=O) groups is 1. The van der Waals surface area contributed by atoms with Crippen LogP contribution < -0.4 is 14.2 Å².